The Hall–Kier alpha value is -3.83. The van der Waals surface area contributed by atoms with Gasteiger partial charge in [0.2, 0.25) is 0 Å². The van der Waals surface area contributed by atoms with Crippen molar-refractivity contribution >= 4 is 39.5 Å². The molecule has 0 saturated heterocycles. The second-order valence-electron chi connectivity index (χ2n) is 15.6. The van der Waals surface area contributed by atoms with Crippen LogP contribution < -0.4 is 4.74 Å². The summed E-state index contributed by atoms with van der Waals surface area (Å²) in [4.78, 5) is 40.8. The van der Waals surface area contributed by atoms with Gasteiger partial charge in [-0.2, -0.15) is 26.3 Å². The molecule has 0 amide bonds. The van der Waals surface area contributed by atoms with Crippen LogP contribution in [0.25, 0.3) is 21.5 Å². The molecule has 12 heteroatoms. The van der Waals surface area contributed by atoms with Crippen molar-refractivity contribution in [2.75, 3.05) is 6.61 Å². The van der Waals surface area contributed by atoms with E-state index in [4.69, 9.17) is 9.47 Å². The van der Waals surface area contributed by atoms with Gasteiger partial charge in [0.1, 0.15) is 18.5 Å². The largest absolute Gasteiger partial charge is 0.464 e. The van der Waals surface area contributed by atoms with Gasteiger partial charge in [0, 0.05) is 0 Å². The molecule has 4 unspecified atom stereocenters. The smallest absolute Gasteiger partial charge is 0.403 e. The lowest BCUT2D eigenvalue weighted by Gasteiger charge is -2.39. The van der Waals surface area contributed by atoms with Crippen LogP contribution in [-0.4, -0.2) is 43.0 Å². The molecule has 0 N–H and O–H groups in total. The van der Waals surface area contributed by atoms with E-state index in [1.165, 1.54) is 20.8 Å². The SMILES string of the molecule is CC(C)(CC(C)(CC(C)(C)C(=O)Oc1ccc2cc3ccccc3cc2c1)C(=O)OC1CC2CCC1C2)C(=O)OCC(C(F)(F)F)C(F)(F)F. The van der Waals surface area contributed by atoms with Crippen LogP contribution in [0.1, 0.15) is 73.1 Å². The lowest BCUT2D eigenvalue weighted by Crippen LogP contribution is -2.46. The lowest BCUT2D eigenvalue weighted by molar-refractivity contribution is -0.293. The number of ether oxygens (including phenoxy) is 3. The zero-order chi connectivity index (χ0) is 36.9. The van der Waals surface area contributed by atoms with Crippen molar-refractivity contribution < 1.29 is 54.9 Å². The van der Waals surface area contributed by atoms with E-state index < -0.39 is 59.0 Å². The van der Waals surface area contributed by atoms with Crippen molar-refractivity contribution in [3.05, 3.63) is 54.6 Å². The lowest BCUT2D eigenvalue weighted by atomic mass is 9.66. The maximum absolute atomic E-state index is 14.0. The fraction of sp³-hybridized carbons (Fsp3) is 0.553. The van der Waals surface area contributed by atoms with Crippen LogP contribution in [0.2, 0.25) is 0 Å². The van der Waals surface area contributed by atoms with Crippen LogP contribution in [0, 0.1) is 34.0 Å². The Balaban J connectivity index is 1.36. The topological polar surface area (TPSA) is 78.9 Å². The van der Waals surface area contributed by atoms with Gasteiger partial charge in [-0.05, 0) is 131 Å². The molecule has 3 aromatic rings. The summed E-state index contributed by atoms with van der Waals surface area (Å²) in [5, 5.41) is 3.83. The van der Waals surface area contributed by atoms with E-state index in [1.54, 1.807) is 26.0 Å². The first kappa shape index (κ1) is 37.4. The average molecular weight is 709 g/mol. The number of carbonyl (C=O) groups is 3. The Kier molecular flexibility index (Phi) is 10.0. The van der Waals surface area contributed by atoms with Gasteiger partial charge in [0.05, 0.1) is 16.2 Å². The molecule has 2 fully saturated rings. The van der Waals surface area contributed by atoms with E-state index in [0.717, 1.165) is 40.8 Å². The first-order valence-corrected chi connectivity index (χ1v) is 16.7. The molecule has 50 heavy (non-hydrogen) atoms. The van der Waals surface area contributed by atoms with Gasteiger partial charge in [-0.3, -0.25) is 14.4 Å². The third-order valence-corrected chi connectivity index (χ3v) is 10.3. The minimum absolute atomic E-state index is 0.177. The molecule has 272 valence electrons. The Bertz CT molecular complexity index is 1750. The standard InChI is InChI=1S/C38H42F6O6/c1-34(2,31(45)48-19-30(37(39,40)41)38(42,43)44)20-36(5,33(47)50-29-15-22-10-11-26(29)14-22)21-35(3,4)32(46)49-28-13-12-25-16-23-8-6-7-9-24(23)17-27(25)18-28/h6-9,12-13,16-18,22,26,29-30H,10-11,14-15,19-21H2,1-5H3. The van der Waals surface area contributed by atoms with Crippen LogP contribution >= 0.6 is 0 Å². The Morgan fingerprint density at radius 1 is 0.700 bits per heavy atom. The second kappa shape index (κ2) is 13.4. The minimum Gasteiger partial charge on any atom is -0.464 e. The molecule has 0 radical (unpaired) electrons. The number of hydrogen-bond acceptors (Lipinski definition) is 6. The highest BCUT2D eigenvalue weighted by Crippen LogP contribution is 2.49. The molecule has 2 bridgehead atoms. The molecule has 2 aliphatic carbocycles. The summed E-state index contributed by atoms with van der Waals surface area (Å²) in [5.74, 6) is -5.74. The predicted molar refractivity (Wildman–Crippen MR) is 174 cm³/mol. The third-order valence-electron chi connectivity index (χ3n) is 10.3. The first-order valence-electron chi connectivity index (χ1n) is 16.7. The van der Waals surface area contributed by atoms with E-state index >= 15 is 0 Å². The van der Waals surface area contributed by atoms with Crippen molar-refractivity contribution in [2.24, 2.45) is 34.0 Å². The monoisotopic (exact) mass is 708 g/mol. The fourth-order valence-corrected chi connectivity index (χ4v) is 7.87. The number of carbonyl (C=O) groups excluding carboxylic acids is 3. The van der Waals surface area contributed by atoms with Crippen LogP contribution in [0.15, 0.2) is 54.6 Å². The molecule has 2 aliphatic rings. The van der Waals surface area contributed by atoms with Crippen LogP contribution in [0.4, 0.5) is 26.3 Å². The van der Waals surface area contributed by atoms with Gasteiger partial charge in [0.15, 0.2) is 5.92 Å². The number of hydrogen-bond donors (Lipinski definition) is 0. The summed E-state index contributed by atoms with van der Waals surface area (Å²) in [7, 11) is 0. The number of rotatable bonds is 11. The molecular formula is C38H42F6O6. The molecule has 0 aliphatic heterocycles. The van der Waals surface area contributed by atoms with Gasteiger partial charge in [-0.25, -0.2) is 0 Å². The zero-order valence-corrected chi connectivity index (χ0v) is 28.7. The maximum atomic E-state index is 14.0. The Labute approximate surface area is 286 Å². The number of benzene rings is 3. The summed E-state index contributed by atoms with van der Waals surface area (Å²) >= 11 is 0. The molecule has 4 atom stereocenters. The maximum Gasteiger partial charge on any atom is 0.403 e. The summed E-state index contributed by atoms with van der Waals surface area (Å²) in [6, 6.07) is 17.0. The van der Waals surface area contributed by atoms with Crippen LogP contribution in [0.5, 0.6) is 5.75 Å². The average Bonchev–Trinajstić information content (AvgIpc) is 3.61. The summed E-state index contributed by atoms with van der Waals surface area (Å²) in [5.41, 5.74) is -4.70. The molecule has 3 aromatic carbocycles. The van der Waals surface area contributed by atoms with Crippen LogP contribution in [0.3, 0.4) is 0 Å². The van der Waals surface area contributed by atoms with Crippen molar-refractivity contribution in [2.45, 2.75) is 91.6 Å². The number of fused-ring (bicyclic) bond motifs is 4. The molecule has 2 saturated carbocycles. The normalized spacial score (nSPS) is 21.0. The highest BCUT2D eigenvalue weighted by molar-refractivity contribution is 5.99. The summed E-state index contributed by atoms with van der Waals surface area (Å²) < 4.78 is 95.3. The van der Waals surface area contributed by atoms with Gasteiger partial charge in [-0.15, -0.1) is 0 Å². The number of esters is 3. The zero-order valence-electron chi connectivity index (χ0n) is 28.7. The fourth-order valence-electron chi connectivity index (χ4n) is 7.87. The first-order chi connectivity index (χ1) is 23.1. The quantitative estimate of drug-likeness (QED) is 0.0855. The van der Waals surface area contributed by atoms with Crippen molar-refractivity contribution in [3.63, 3.8) is 0 Å². The molecule has 6 nitrogen and oxygen atoms in total. The molecule has 0 aromatic heterocycles. The van der Waals surface area contributed by atoms with E-state index in [2.05, 4.69) is 4.74 Å². The molecule has 0 heterocycles. The van der Waals surface area contributed by atoms with E-state index in [1.807, 2.05) is 42.5 Å². The van der Waals surface area contributed by atoms with Crippen molar-refractivity contribution in [3.8, 4) is 5.75 Å². The molecule has 5 rings (SSSR count). The highest BCUT2D eigenvalue weighted by atomic mass is 19.4. The minimum atomic E-state index is -5.69. The number of halogens is 6. The Morgan fingerprint density at radius 2 is 1.26 bits per heavy atom. The second-order valence-corrected chi connectivity index (χ2v) is 15.6. The summed E-state index contributed by atoms with van der Waals surface area (Å²) in [6.07, 6.45) is -8.80. The summed E-state index contributed by atoms with van der Waals surface area (Å²) in [6.45, 7) is 5.21. The highest BCUT2D eigenvalue weighted by Gasteiger charge is 2.58. The Morgan fingerprint density at radius 3 is 1.80 bits per heavy atom. The predicted octanol–water partition coefficient (Wildman–Crippen LogP) is 9.75. The van der Waals surface area contributed by atoms with E-state index in [0.29, 0.717) is 12.3 Å². The number of alkyl halides is 6. The van der Waals surface area contributed by atoms with Crippen LogP contribution in [-0.2, 0) is 23.9 Å². The van der Waals surface area contributed by atoms with Crippen molar-refractivity contribution in [1.29, 1.82) is 0 Å². The van der Waals surface area contributed by atoms with Crippen molar-refractivity contribution in [1.82, 2.24) is 0 Å². The van der Waals surface area contributed by atoms with Gasteiger partial charge < -0.3 is 14.2 Å². The van der Waals surface area contributed by atoms with E-state index in [9.17, 15) is 40.7 Å². The molecular weight excluding hydrogens is 666 g/mol. The van der Waals surface area contributed by atoms with E-state index in [-0.39, 0.29) is 30.6 Å². The third kappa shape index (κ3) is 8.20. The molecule has 0 spiro atoms. The van der Waals surface area contributed by atoms with Gasteiger partial charge in [-0.1, -0.05) is 30.3 Å². The van der Waals surface area contributed by atoms with Gasteiger partial charge >= 0.3 is 30.3 Å². The van der Waals surface area contributed by atoms with Gasteiger partial charge in [0.25, 0.3) is 0 Å².